The molecule has 0 saturated heterocycles. The highest BCUT2D eigenvalue weighted by Crippen LogP contribution is 2.20. The van der Waals surface area contributed by atoms with Crippen LogP contribution in [0.5, 0.6) is 5.75 Å². The highest BCUT2D eigenvalue weighted by molar-refractivity contribution is 7.89. The van der Waals surface area contributed by atoms with Gasteiger partial charge in [0.25, 0.3) is 5.91 Å². The maximum absolute atomic E-state index is 13.3. The minimum Gasteiger partial charge on any atom is -0.497 e. The average molecular weight is 460 g/mol. The van der Waals surface area contributed by atoms with Gasteiger partial charge >= 0.3 is 0 Å². The normalized spacial score (nSPS) is 11.2. The molecule has 0 fully saturated rings. The molecule has 0 aliphatic carbocycles. The van der Waals surface area contributed by atoms with Crippen molar-refractivity contribution in [1.29, 1.82) is 0 Å². The Morgan fingerprint density at radius 2 is 1.62 bits per heavy atom. The van der Waals surface area contributed by atoms with Crippen molar-refractivity contribution in [2.75, 3.05) is 20.2 Å². The van der Waals surface area contributed by atoms with Gasteiger partial charge in [0.15, 0.2) is 0 Å². The van der Waals surface area contributed by atoms with Gasteiger partial charge in [0.1, 0.15) is 5.75 Å². The Morgan fingerprint density at radius 3 is 2.19 bits per heavy atom. The van der Waals surface area contributed by atoms with Crippen LogP contribution >= 0.6 is 0 Å². The molecule has 0 aliphatic heterocycles. The quantitative estimate of drug-likeness (QED) is 0.362. The zero-order chi connectivity index (χ0) is 23.4. The van der Waals surface area contributed by atoms with Crippen LogP contribution in [0.4, 0.5) is 0 Å². The lowest BCUT2D eigenvalue weighted by molar-refractivity contribution is -0.121. The van der Waals surface area contributed by atoms with Crippen molar-refractivity contribution >= 4 is 21.6 Å². The number of hydrogen-bond donors (Lipinski definition) is 1. The predicted molar refractivity (Wildman–Crippen MR) is 127 cm³/mol. The number of nitrogens with zero attached hydrogens (tertiary/aromatic N) is 2. The summed E-state index contributed by atoms with van der Waals surface area (Å²) >= 11 is 0. The molecule has 0 aliphatic rings. The van der Waals surface area contributed by atoms with E-state index in [1.54, 1.807) is 12.1 Å². The molecule has 0 saturated carbocycles. The SMILES string of the molecule is CCCC(CCC)=NNC(=O)CN(CCc1ccccc1)S(=O)(=O)c1ccc(OC)cc1. The maximum atomic E-state index is 13.3. The van der Waals surface area contributed by atoms with E-state index in [1.165, 1.54) is 23.5 Å². The second-order valence-electron chi connectivity index (χ2n) is 7.46. The van der Waals surface area contributed by atoms with Crippen molar-refractivity contribution in [1.82, 2.24) is 9.73 Å². The van der Waals surface area contributed by atoms with Gasteiger partial charge in [0.05, 0.1) is 18.6 Å². The van der Waals surface area contributed by atoms with E-state index in [-0.39, 0.29) is 18.0 Å². The molecule has 2 aromatic carbocycles. The Labute approximate surface area is 191 Å². The fourth-order valence-corrected chi connectivity index (χ4v) is 4.63. The van der Waals surface area contributed by atoms with Gasteiger partial charge < -0.3 is 4.74 Å². The standard InChI is InChI=1S/C24H33N3O4S/c1-4-9-21(10-5-2)25-26-24(28)19-27(18-17-20-11-7-6-8-12-20)32(29,30)23-15-13-22(31-3)14-16-23/h6-8,11-16H,4-5,9-10,17-19H2,1-3H3,(H,26,28). The molecule has 1 amide bonds. The number of carbonyl (C=O) groups is 1. The van der Waals surface area contributed by atoms with Gasteiger partial charge in [-0.05, 0) is 49.1 Å². The van der Waals surface area contributed by atoms with E-state index in [4.69, 9.17) is 4.74 Å². The van der Waals surface area contributed by atoms with Crippen molar-refractivity contribution in [3.05, 3.63) is 60.2 Å². The Morgan fingerprint density at radius 1 is 1.00 bits per heavy atom. The third kappa shape index (κ3) is 7.76. The van der Waals surface area contributed by atoms with Crippen LogP contribution in [-0.4, -0.2) is 44.5 Å². The van der Waals surface area contributed by atoms with Gasteiger partial charge in [-0.15, -0.1) is 0 Å². The molecule has 0 spiro atoms. The highest BCUT2D eigenvalue weighted by Gasteiger charge is 2.26. The molecule has 1 N–H and O–H groups in total. The largest absolute Gasteiger partial charge is 0.497 e. The summed E-state index contributed by atoms with van der Waals surface area (Å²) in [5.41, 5.74) is 4.45. The summed E-state index contributed by atoms with van der Waals surface area (Å²) in [5, 5.41) is 4.23. The molecule has 0 unspecified atom stereocenters. The second kappa shape index (κ2) is 13.0. The van der Waals surface area contributed by atoms with E-state index in [2.05, 4.69) is 24.4 Å². The Bertz CT molecular complexity index is 966. The molecule has 8 heteroatoms. The van der Waals surface area contributed by atoms with E-state index in [0.717, 1.165) is 37.0 Å². The van der Waals surface area contributed by atoms with Gasteiger partial charge in [-0.1, -0.05) is 57.0 Å². The second-order valence-corrected chi connectivity index (χ2v) is 9.40. The molecule has 174 valence electrons. The van der Waals surface area contributed by atoms with Crippen LogP contribution in [0.15, 0.2) is 64.6 Å². The molecule has 32 heavy (non-hydrogen) atoms. The molecular weight excluding hydrogens is 426 g/mol. The lowest BCUT2D eigenvalue weighted by Crippen LogP contribution is -2.40. The maximum Gasteiger partial charge on any atom is 0.255 e. The van der Waals surface area contributed by atoms with Crippen LogP contribution in [0.25, 0.3) is 0 Å². The number of nitrogens with one attached hydrogen (secondary N) is 1. The third-order valence-corrected chi connectivity index (χ3v) is 6.79. The molecule has 2 aromatic rings. The summed E-state index contributed by atoms with van der Waals surface area (Å²) in [6.07, 6.45) is 3.96. The van der Waals surface area contributed by atoms with E-state index >= 15 is 0 Å². The number of sulfonamides is 1. The molecule has 0 heterocycles. The third-order valence-electron chi connectivity index (χ3n) is 4.93. The summed E-state index contributed by atoms with van der Waals surface area (Å²) in [6.45, 7) is 3.97. The number of rotatable bonds is 13. The fraction of sp³-hybridized carbons (Fsp3) is 0.417. The molecule has 0 radical (unpaired) electrons. The van der Waals surface area contributed by atoms with Crippen molar-refractivity contribution in [3.8, 4) is 5.75 Å². The highest BCUT2D eigenvalue weighted by atomic mass is 32.2. The van der Waals surface area contributed by atoms with Crippen LogP contribution in [0, 0.1) is 0 Å². The van der Waals surface area contributed by atoms with Crippen LogP contribution in [-0.2, 0) is 21.2 Å². The van der Waals surface area contributed by atoms with E-state index in [1.807, 2.05) is 30.3 Å². The number of hydrogen-bond acceptors (Lipinski definition) is 5. The van der Waals surface area contributed by atoms with E-state index in [9.17, 15) is 13.2 Å². The van der Waals surface area contributed by atoms with Crippen LogP contribution in [0.2, 0.25) is 0 Å². The molecule has 0 atom stereocenters. The number of carbonyl (C=O) groups excluding carboxylic acids is 1. The van der Waals surface area contributed by atoms with Crippen molar-refractivity contribution < 1.29 is 17.9 Å². The first-order valence-electron chi connectivity index (χ1n) is 10.9. The number of hydrazone groups is 1. The Kier molecular flexibility index (Phi) is 10.4. The van der Waals surface area contributed by atoms with E-state index in [0.29, 0.717) is 12.2 Å². The molecular formula is C24H33N3O4S. The van der Waals surface area contributed by atoms with Crippen molar-refractivity contribution in [2.45, 2.75) is 50.8 Å². The van der Waals surface area contributed by atoms with E-state index < -0.39 is 15.9 Å². The molecule has 0 aromatic heterocycles. The van der Waals surface area contributed by atoms with Gasteiger partial charge in [0, 0.05) is 12.3 Å². The number of benzene rings is 2. The smallest absolute Gasteiger partial charge is 0.255 e. The number of methoxy groups -OCH3 is 1. The predicted octanol–water partition coefficient (Wildman–Crippen LogP) is 4.00. The van der Waals surface area contributed by atoms with Gasteiger partial charge in [-0.3, -0.25) is 4.79 Å². The molecule has 7 nitrogen and oxygen atoms in total. The topological polar surface area (TPSA) is 88.1 Å². The van der Waals surface area contributed by atoms with Gasteiger partial charge in [-0.25, -0.2) is 13.8 Å². The van der Waals surface area contributed by atoms with Crippen molar-refractivity contribution in [3.63, 3.8) is 0 Å². The number of ether oxygens (including phenoxy) is 1. The minimum absolute atomic E-state index is 0.111. The minimum atomic E-state index is -3.88. The first-order valence-corrected chi connectivity index (χ1v) is 12.4. The fourth-order valence-electron chi connectivity index (χ4n) is 3.23. The first-order chi connectivity index (χ1) is 15.4. The summed E-state index contributed by atoms with van der Waals surface area (Å²) in [6, 6.07) is 15.7. The average Bonchev–Trinajstić information content (AvgIpc) is 2.81. The number of amides is 1. The van der Waals surface area contributed by atoms with Gasteiger partial charge in [-0.2, -0.15) is 9.41 Å². The lowest BCUT2D eigenvalue weighted by atomic mass is 10.1. The van der Waals surface area contributed by atoms with Gasteiger partial charge in [0.2, 0.25) is 10.0 Å². The monoisotopic (exact) mass is 459 g/mol. The molecule has 0 bridgehead atoms. The Balaban J connectivity index is 2.20. The molecule has 2 rings (SSSR count). The van der Waals surface area contributed by atoms with Crippen LogP contribution in [0.1, 0.15) is 45.1 Å². The summed E-state index contributed by atoms with van der Waals surface area (Å²) in [7, 11) is -2.36. The van der Waals surface area contributed by atoms with Crippen LogP contribution < -0.4 is 10.2 Å². The van der Waals surface area contributed by atoms with Crippen molar-refractivity contribution in [2.24, 2.45) is 5.10 Å². The first kappa shape index (κ1) is 25.5. The summed E-state index contributed by atoms with van der Waals surface area (Å²) < 4.78 is 32.9. The summed E-state index contributed by atoms with van der Waals surface area (Å²) in [5.74, 6) is 0.103. The zero-order valence-electron chi connectivity index (χ0n) is 19.1. The summed E-state index contributed by atoms with van der Waals surface area (Å²) in [4.78, 5) is 12.7. The zero-order valence-corrected chi connectivity index (χ0v) is 19.9. The Hall–Kier alpha value is -2.71. The lowest BCUT2D eigenvalue weighted by Gasteiger charge is -2.21. The van der Waals surface area contributed by atoms with Crippen LogP contribution in [0.3, 0.4) is 0 Å².